The van der Waals surface area contributed by atoms with Crippen molar-refractivity contribution in [1.29, 1.82) is 0 Å². The number of ether oxygens (including phenoxy) is 1. The number of benzene rings is 1. The van der Waals surface area contributed by atoms with Gasteiger partial charge in [0, 0.05) is 12.6 Å². The fraction of sp³-hybridized carbons (Fsp3) is 0.182. The Bertz CT molecular complexity index is 438. The molecule has 0 aromatic heterocycles. The number of nitrogen functional groups attached to an aromatic ring is 1. The molecule has 4 nitrogen and oxygen atoms in total. The lowest BCUT2D eigenvalue weighted by atomic mass is 10.1. The molecule has 1 heterocycles. The molecule has 4 heteroatoms. The van der Waals surface area contributed by atoms with Crippen molar-refractivity contribution in [3.63, 3.8) is 0 Å². The Morgan fingerprint density at radius 2 is 2.27 bits per heavy atom. The molecule has 0 atom stereocenters. The summed E-state index contributed by atoms with van der Waals surface area (Å²) in [7, 11) is 1.57. The summed E-state index contributed by atoms with van der Waals surface area (Å²) in [5, 5.41) is 2.72. The molecule has 2 rings (SSSR count). The van der Waals surface area contributed by atoms with Gasteiger partial charge in [-0.05, 0) is 23.3 Å². The first-order valence-corrected chi connectivity index (χ1v) is 4.63. The van der Waals surface area contributed by atoms with Gasteiger partial charge in [0.05, 0.1) is 12.8 Å². The standard InChI is InChI=1S/C11H12N2O2/c1-15-10-4-7(2-3-9(10)12)8-5-11(14)13-6-8/h2-5H,6,12H2,1H3,(H,13,14). The summed E-state index contributed by atoms with van der Waals surface area (Å²) >= 11 is 0. The first-order chi connectivity index (χ1) is 7.20. The second-order valence-corrected chi connectivity index (χ2v) is 3.34. The zero-order chi connectivity index (χ0) is 10.8. The monoisotopic (exact) mass is 204 g/mol. The number of carbonyl (C=O) groups is 1. The van der Waals surface area contributed by atoms with Gasteiger partial charge in [0.2, 0.25) is 5.91 Å². The quantitative estimate of drug-likeness (QED) is 0.700. The number of nitrogens with two attached hydrogens (primary N) is 1. The van der Waals surface area contributed by atoms with Crippen LogP contribution in [0.5, 0.6) is 5.75 Å². The van der Waals surface area contributed by atoms with Crippen molar-refractivity contribution in [2.24, 2.45) is 0 Å². The van der Waals surface area contributed by atoms with Crippen molar-refractivity contribution in [2.75, 3.05) is 19.4 Å². The summed E-state index contributed by atoms with van der Waals surface area (Å²) in [6.07, 6.45) is 1.59. The maximum Gasteiger partial charge on any atom is 0.244 e. The first-order valence-electron chi connectivity index (χ1n) is 4.63. The molecule has 0 unspecified atom stereocenters. The van der Waals surface area contributed by atoms with Crippen molar-refractivity contribution in [3.8, 4) is 5.75 Å². The van der Waals surface area contributed by atoms with Crippen molar-refractivity contribution in [2.45, 2.75) is 0 Å². The minimum absolute atomic E-state index is 0.0548. The van der Waals surface area contributed by atoms with E-state index in [0.29, 0.717) is 18.0 Å². The third-order valence-electron chi connectivity index (χ3n) is 2.36. The number of methoxy groups -OCH3 is 1. The van der Waals surface area contributed by atoms with Crippen LogP contribution >= 0.6 is 0 Å². The molecule has 0 fully saturated rings. The lowest BCUT2D eigenvalue weighted by Gasteiger charge is -2.07. The number of carbonyl (C=O) groups excluding carboxylic acids is 1. The summed E-state index contributed by atoms with van der Waals surface area (Å²) in [6.45, 7) is 0.561. The van der Waals surface area contributed by atoms with Gasteiger partial charge in [-0.2, -0.15) is 0 Å². The van der Waals surface area contributed by atoms with Crippen LogP contribution in [0.25, 0.3) is 5.57 Å². The topological polar surface area (TPSA) is 64.3 Å². The number of rotatable bonds is 2. The van der Waals surface area contributed by atoms with Gasteiger partial charge in [0.1, 0.15) is 5.75 Å². The fourth-order valence-corrected chi connectivity index (χ4v) is 1.54. The average Bonchev–Trinajstić information content (AvgIpc) is 2.66. The lowest BCUT2D eigenvalue weighted by molar-refractivity contribution is -0.115. The highest BCUT2D eigenvalue weighted by Gasteiger charge is 2.13. The minimum atomic E-state index is -0.0548. The normalized spacial score (nSPS) is 14.7. The van der Waals surface area contributed by atoms with E-state index >= 15 is 0 Å². The van der Waals surface area contributed by atoms with E-state index in [1.807, 2.05) is 12.1 Å². The van der Waals surface area contributed by atoms with Crippen LogP contribution in [-0.4, -0.2) is 19.6 Å². The van der Waals surface area contributed by atoms with Gasteiger partial charge in [0.25, 0.3) is 0 Å². The van der Waals surface area contributed by atoms with Crippen molar-refractivity contribution in [3.05, 3.63) is 29.8 Å². The molecule has 1 amide bonds. The highest BCUT2D eigenvalue weighted by atomic mass is 16.5. The van der Waals surface area contributed by atoms with Crippen molar-refractivity contribution < 1.29 is 9.53 Å². The van der Waals surface area contributed by atoms with E-state index in [0.717, 1.165) is 11.1 Å². The molecular formula is C11H12N2O2. The average molecular weight is 204 g/mol. The number of anilines is 1. The summed E-state index contributed by atoms with van der Waals surface area (Å²) < 4.78 is 5.11. The van der Waals surface area contributed by atoms with Crippen LogP contribution in [0.15, 0.2) is 24.3 Å². The van der Waals surface area contributed by atoms with Crippen LogP contribution in [0.3, 0.4) is 0 Å². The van der Waals surface area contributed by atoms with Crippen LogP contribution < -0.4 is 15.8 Å². The molecule has 0 bridgehead atoms. The number of amides is 1. The Balaban J connectivity index is 2.37. The smallest absolute Gasteiger partial charge is 0.244 e. The van der Waals surface area contributed by atoms with Gasteiger partial charge < -0.3 is 15.8 Å². The first kappa shape index (κ1) is 9.58. The highest BCUT2D eigenvalue weighted by Crippen LogP contribution is 2.26. The van der Waals surface area contributed by atoms with Crippen LogP contribution in [0.4, 0.5) is 5.69 Å². The molecule has 0 aliphatic carbocycles. The maximum atomic E-state index is 11.0. The fourth-order valence-electron chi connectivity index (χ4n) is 1.54. The summed E-state index contributed by atoms with van der Waals surface area (Å²) in [4.78, 5) is 11.0. The Labute approximate surface area is 87.7 Å². The molecule has 1 aromatic rings. The molecular weight excluding hydrogens is 192 g/mol. The van der Waals surface area contributed by atoms with Gasteiger partial charge in [-0.15, -0.1) is 0 Å². The lowest BCUT2D eigenvalue weighted by Crippen LogP contribution is -2.14. The predicted molar refractivity (Wildman–Crippen MR) is 58.4 cm³/mol. The molecule has 1 aromatic carbocycles. The molecule has 0 spiro atoms. The summed E-state index contributed by atoms with van der Waals surface area (Å²) in [6, 6.07) is 5.49. The van der Waals surface area contributed by atoms with Gasteiger partial charge in [-0.1, -0.05) is 6.07 Å². The van der Waals surface area contributed by atoms with Crippen molar-refractivity contribution in [1.82, 2.24) is 5.32 Å². The SMILES string of the molecule is COc1cc(C2=CC(=O)NC2)ccc1N. The molecule has 15 heavy (non-hydrogen) atoms. The van der Waals surface area contributed by atoms with E-state index in [1.54, 1.807) is 19.3 Å². The largest absolute Gasteiger partial charge is 0.495 e. The van der Waals surface area contributed by atoms with E-state index in [-0.39, 0.29) is 5.91 Å². The predicted octanol–water partition coefficient (Wildman–Crippen LogP) is 0.791. The molecule has 78 valence electrons. The third kappa shape index (κ3) is 1.79. The molecule has 0 radical (unpaired) electrons. The Kier molecular flexibility index (Phi) is 2.33. The van der Waals surface area contributed by atoms with Crippen LogP contribution in [0.1, 0.15) is 5.56 Å². The Morgan fingerprint density at radius 3 is 2.87 bits per heavy atom. The zero-order valence-electron chi connectivity index (χ0n) is 8.41. The van der Waals surface area contributed by atoms with Gasteiger partial charge in [-0.25, -0.2) is 0 Å². The van der Waals surface area contributed by atoms with E-state index < -0.39 is 0 Å². The number of hydrogen-bond acceptors (Lipinski definition) is 3. The molecule has 0 saturated carbocycles. The summed E-state index contributed by atoms with van der Waals surface area (Å²) in [5.74, 6) is 0.577. The molecule has 0 saturated heterocycles. The Hall–Kier alpha value is -1.97. The third-order valence-corrected chi connectivity index (χ3v) is 2.36. The highest BCUT2D eigenvalue weighted by molar-refractivity contribution is 6.00. The molecule has 1 aliphatic rings. The van der Waals surface area contributed by atoms with Crippen LogP contribution in [-0.2, 0) is 4.79 Å². The van der Waals surface area contributed by atoms with Crippen LogP contribution in [0.2, 0.25) is 0 Å². The second kappa shape index (κ2) is 3.65. The van der Waals surface area contributed by atoms with Gasteiger partial charge >= 0.3 is 0 Å². The van der Waals surface area contributed by atoms with E-state index in [2.05, 4.69) is 5.32 Å². The van der Waals surface area contributed by atoms with E-state index in [9.17, 15) is 4.79 Å². The van der Waals surface area contributed by atoms with Crippen LogP contribution in [0, 0.1) is 0 Å². The molecule has 3 N–H and O–H groups in total. The number of hydrogen-bond donors (Lipinski definition) is 2. The Morgan fingerprint density at radius 1 is 1.47 bits per heavy atom. The van der Waals surface area contributed by atoms with E-state index in [1.165, 1.54) is 0 Å². The number of nitrogens with one attached hydrogen (secondary N) is 1. The van der Waals surface area contributed by atoms with E-state index in [4.69, 9.17) is 10.5 Å². The molecule has 1 aliphatic heterocycles. The second-order valence-electron chi connectivity index (χ2n) is 3.34. The van der Waals surface area contributed by atoms with Gasteiger partial charge in [-0.3, -0.25) is 4.79 Å². The van der Waals surface area contributed by atoms with Crippen molar-refractivity contribution >= 4 is 17.2 Å². The maximum absolute atomic E-state index is 11.0. The van der Waals surface area contributed by atoms with Gasteiger partial charge in [0.15, 0.2) is 0 Å². The zero-order valence-corrected chi connectivity index (χ0v) is 8.41. The summed E-state index contributed by atoms with van der Waals surface area (Å²) in [5.41, 5.74) is 8.21. The minimum Gasteiger partial charge on any atom is -0.495 e.